The van der Waals surface area contributed by atoms with Crippen molar-refractivity contribution >= 4 is 17.3 Å². The van der Waals surface area contributed by atoms with E-state index in [0.717, 1.165) is 12.1 Å². The quantitative estimate of drug-likeness (QED) is 0.187. The van der Waals surface area contributed by atoms with Gasteiger partial charge in [-0.05, 0) is 75.2 Å². The number of aliphatic hydroxyl groups is 2. The minimum atomic E-state index is -1.62. The number of ether oxygens (including phenoxy) is 1. The zero-order valence-electron chi connectivity index (χ0n) is 21.9. The normalized spacial score (nSPS) is 20.0. The third-order valence-electron chi connectivity index (χ3n) is 7.60. The molecule has 0 unspecified atom stereocenters. The highest BCUT2D eigenvalue weighted by atomic mass is 16.5. The number of carbonyl (C=O) groups excluding carboxylic acids is 2. The molecule has 0 radical (unpaired) electrons. The fourth-order valence-corrected chi connectivity index (χ4v) is 5.47. The molecule has 0 bridgehead atoms. The molecule has 3 aromatic rings. The van der Waals surface area contributed by atoms with Crippen molar-refractivity contribution in [3.05, 3.63) is 75.4 Å². The zero-order chi connectivity index (χ0) is 29.4. The summed E-state index contributed by atoms with van der Waals surface area (Å²) in [6, 6.07) is 6.18. The highest BCUT2D eigenvalue weighted by Gasteiger charge is 2.51. The molecule has 40 heavy (non-hydrogen) atoms. The number of hydrogen-bond acceptors (Lipinski definition) is 10. The van der Waals surface area contributed by atoms with Crippen molar-refractivity contribution in [2.45, 2.75) is 39.4 Å². The molecule has 5 rings (SSSR count). The molecule has 0 saturated heterocycles. The Bertz CT molecular complexity index is 1730. The molecule has 10 heteroatoms. The summed E-state index contributed by atoms with van der Waals surface area (Å²) in [5.41, 5.74) is -2.64. The molecule has 1 aliphatic heterocycles. The van der Waals surface area contributed by atoms with Gasteiger partial charge in [-0.1, -0.05) is 0 Å². The number of ketones is 2. The van der Waals surface area contributed by atoms with Gasteiger partial charge in [0.15, 0.2) is 11.4 Å². The van der Waals surface area contributed by atoms with Crippen molar-refractivity contribution in [3.63, 3.8) is 0 Å². The standard InChI is InChI=1S/C30H26O10/c1-11-9-17(32)20(13(3)24(11)34)27(37)21-16(31)7-5-14(25(21)35)15-6-8-19-22(26(15)36)28(38)23-18(33)10-12(2)29(39)30(23,4)40-19/h5-10,29,31-32,34-36,38-39H,1-4H3/t29-,30+/m0/s1. The Morgan fingerprint density at radius 2 is 1.48 bits per heavy atom. The van der Waals surface area contributed by atoms with Crippen LogP contribution in [0.1, 0.15) is 46.5 Å². The molecule has 7 N–H and O–H groups in total. The summed E-state index contributed by atoms with van der Waals surface area (Å²) in [5.74, 6) is -4.98. The van der Waals surface area contributed by atoms with Crippen LogP contribution < -0.4 is 4.74 Å². The van der Waals surface area contributed by atoms with Gasteiger partial charge < -0.3 is 40.5 Å². The maximum Gasteiger partial charge on any atom is 0.204 e. The van der Waals surface area contributed by atoms with Gasteiger partial charge in [0.2, 0.25) is 5.78 Å². The molecule has 0 aromatic heterocycles. The summed E-state index contributed by atoms with van der Waals surface area (Å²) >= 11 is 0. The first-order valence-corrected chi connectivity index (χ1v) is 12.2. The second-order valence-electron chi connectivity index (χ2n) is 10.2. The SMILES string of the molecule is CC1=CC(=O)C2=C(O)c3c(ccc(-c4ccc(O)c(C(=O)c5c(O)cc(C)c(O)c5C)c4O)c3O)O[C@@]2(C)[C@H]1O. The second kappa shape index (κ2) is 8.78. The van der Waals surface area contributed by atoms with Gasteiger partial charge in [-0.2, -0.15) is 0 Å². The van der Waals surface area contributed by atoms with Crippen molar-refractivity contribution in [3.8, 4) is 45.6 Å². The summed E-state index contributed by atoms with van der Waals surface area (Å²) in [6.07, 6.45) is -0.0925. The molecule has 2 aliphatic rings. The third-order valence-corrected chi connectivity index (χ3v) is 7.60. The predicted molar refractivity (Wildman–Crippen MR) is 143 cm³/mol. The van der Waals surface area contributed by atoms with E-state index in [4.69, 9.17) is 4.74 Å². The van der Waals surface area contributed by atoms with E-state index in [0.29, 0.717) is 11.1 Å². The molecule has 0 saturated carbocycles. The lowest BCUT2D eigenvalue weighted by molar-refractivity contribution is -0.116. The number of carbonyl (C=O) groups is 2. The number of aliphatic hydroxyl groups excluding tert-OH is 2. The Hall–Kier alpha value is -4.96. The van der Waals surface area contributed by atoms with Crippen molar-refractivity contribution in [1.82, 2.24) is 0 Å². The number of phenols is 5. The maximum atomic E-state index is 13.4. The molecular weight excluding hydrogens is 520 g/mol. The van der Waals surface area contributed by atoms with Crippen LogP contribution in [0.4, 0.5) is 0 Å². The third kappa shape index (κ3) is 3.53. The lowest BCUT2D eigenvalue weighted by Crippen LogP contribution is -2.53. The molecule has 0 spiro atoms. The number of aromatic hydroxyl groups is 5. The van der Waals surface area contributed by atoms with Crippen LogP contribution in [-0.2, 0) is 4.79 Å². The number of allylic oxidation sites excluding steroid dienone is 1. The first kappa shape index (κ1) is 26.6. The topological polar surface area (TPSA) is 185 Å². The van der Waals surface area contributed by atoms with Crippen LogP contribution in [0.3, 0.4) is 0 Å². The highest BCUT2D eigenvalue weighted by Crippen LogP contribution is 2.52. The van der Waals surface area contributed by atoms with Crippen molar-refractivity contribution in [1.29, 1.82) is 0 Å². The smallest absolute Gasteiger partial charge is 0.204 e. The van der Waals surface area contributed by atoms with Crippen molar-refractivity contribution < 1.29 is 50.1 Å². The van der Waals surface area contributed by atoms with E-state index in [-0.39, 0.29) is 44.9 Å². The minimum absolute atomic E-state index is 0.0312. The van der Waals surface area contributed by atoms with E-state index in [1.54, 1.807) is 6.92 Å². The van der Waals surface area contributed by atoms with Crippen LogP contribution in [0.25, 0.3) is 16.9 Å². The Morgan fingerprint density at radius 3 is 2.15 bits per heavy atom. The fourth-order valence-electron chi connectivity index (χ4n) is 5.47. The molecule has 2 atom stereocenters. The van der Waals surface area contributed by atoms with Gasteiger partial charge in [-0.25, -0.2) is 0 Å². The molecule has 0 fully saturated rings. The lowest BCUT2D eigenvalue weighted by atomic mass is 9.75. The van der Waals surface area contributed by atoms with E-state index in [1.807, 2.05) is 0 Å². The van der Waals surface area contributed by atoms with Gasteiger partial charge in [-0.3, -0.25) is 9.59 Å². The van der Waals surface area contributed by atoms with Crippen LogP contribution in [0.5, 0.6) is 34.5 Å². The second-order valence-corrected chi connectivity index (χ2v) is 10.2. The summed E-state index contributed by atoms with van der Waals surface area (Å²) < 4.78 is 5.94. The lowest BCUT2D eigenvalue weighted by Gasteiger charge is -2.42. The number of rotatable bonds is 3. The number of phenolic OH excluding ortho intramolecular Hbond substituents is 5. The van der Waals surface area contributed by atoms with Crippen LogP contribution in [0.15, 0.2) is 47.6 Å². The average molecular weight is 547 g/mol. The van der Waals surface area contributed by atoms with Crippen LogP contribution in [0.2, 0.25) is 0 Å². The van der Waals surface area contributed by atoms with E-state index < -0.39 is 57.6 Å². The molecule has 3 aromatic carbocycles. The Morgan fingerprint density at radius 1 is 0.850 bits per heavy atom. The number of aryl methyl sites for hydroxylation is 1. The largest absolute Gasteiger partial charge is 0.507 e. The number of benzene rings is 3. The zero-order valence-corrected chi connectivity index (χ0v) is 21.9. The summed E-state index contributed by atoms with van der Waals surface area (Å²) in [6.45, 7) is 5.91. The molecule has 1 heterocycles. The van der Waals surface area contributed by atoms with Gasteiger partial charge in [0.05, 0.1) is 11.1 Å². The number of hydrogen-bond donors (Lipinski definition) is 7. The summed E-state index contributed by atoms with van der Waals surface area (Å²) in [7, 11) is 0. The summed E-state index contributed by atoms with van der Waals surface area (Å²) in [5, 5.41) is 75.5. The van der Waals surface area contributed by atoms with Gasteiger partial charge in [0.25, 0.3) is 0 Å². The van der Waals surface area contributed by atoms with Crippen LogP contribution in [-0.4, -0.2) is 59.0 Å². The Balaban J connectivity index is 1.70. The van der Waals surface area contributed by atoms with Gasteiger partial charge >= 0.3 is 0 Å². The first-order chi connectivity index (χ1) is 18.7. The predicted octanol–water partition coefficient (Wildman–Crippen LogP) is 4.04. The molecule has 1 aliphatic carbocycles. The van der Waals surface area contributed by atoms with E-state index in [2.05, 4.69) is 0 Å². The maximum absolute atomic E-state index is 13.4. The van der Waals surface area contributed by atoms with Crippen LogP contribution in [0, 0.1) is 13.8 Å². The van der Waals surface area contributed by atoms with Crippen LogP contribution >= 0.6 is 0 Å². The molecule has 10 nitrogen and oxygen atoms in total. The molecular formula is C30H26O10. The van der Waals surface area contributed by atoms with Gasteiger partial charge in [-0.15, -0.1) is 0 Å². The highest BCUT2D eigenvalue weighted by molar-refractivity contribution is 6.16. The minimum Gasteiger partial charge on any atom is -0.507 e. The molecule has 0 amide bonds. The van der Waals surface area contributed by atoms with E-state index in [9.17, 15) is 45.3 Å². The monoisotopic (exact) mass is 546 g/mol. The van der Waals surface area contributed by atoms with E-state index >= 15 is 0 Å². The fraction of sp³-hybridized carbons (Fsp3) is 0.200. The Labute approximate surface area is 228 Å². The van der Waals surface area contributed by atoms with Gasteiger partial charge in [0.1, 0.15) is 57.5 Å². The van der Waals surface area contributed by atoms with Gasteiger partial charge in [0, 0.05) is 16.7 Å². The number of fused-ring (bicyclic) bond motifs is 2. The van der Waals surface area contributed by atoms with Crippen molar-refractivity contribution in [2.75, 3.05) is 0 Å². The summed E-state index contributed by atoms with van der Waals surface area (Å²) in [4.78, 5) is 26.3. The Kier molecular flexibility index (Phi) is 5.85. The average Bonchev–Trinajstić information content (AvgIpc) is 2.86. The van der Waals surface area contributed by atoms with E-state index in [1.165, 1.54) is 45.0 Å². The van der Waals surface area contributed by atoms with Crippen molar-refractivity contribution in [2.24, 2.45) is 0 Å². The molecule has 206 valence electrons. The first-order valence-electron chi connectivity index (χ1n) is 12.2.